The number of hydrogen-bond acceptors (Lipinski definition) is 4. The second kappa shape index (κ2) is 4.75. The molecule has 2 heterocycles. The van der Waals surface area contributed by atoms with Crippen molar-refractivity contribution in [2.75, 3.05) is 0 Å². The molecule has 4 nitrogen and oxygen atoms in total. The van der Waals surface area contributed by atoms with Crippen LogP contribution in [0.15, 0.2) is 46.5 Å². The molecule has 15 heavy (non-hydrogen) atoms. The van der Waals surface area contributed by atoms with Gasteiger partial charge in [0.2, 0.25) is 0 Å². The summed E-state index contributed by atoms with van der Waals surface area (Å²) in [6, 6.07) is 7.54. The van der Waals surface area contributed by atoms with Gasteiger partial charge in [0.05, 0.1) is 10.7 Å². The first-order valence-electron chi connectivity index (χ1n) is 4.42. The van der Waals surface area contributed by atoms with Crippen LogP contribution in [0.2, 0.25) is 0 Å². The molecule has 2 rings (SSSR count). The van der Waals surface area contributed by atoms with E-state index in [4.69, 9.17) is 0 Å². The number of H-pyrrole nitrogens is 1. The highest BCUT2D eigenvalue weighted by atomic mass is 32.2. The Morgan fingerprint density at radius 1 is 1.20 bits per heavy atom. The zero-order valence-electron chi connectivity index (χ0n) is 7.88. The topological polar surface area (TPSA) is 58.6 Å². The highest BCUT2D eigenvalue weighted by Crippen LogP contribution is 2.17. The summed E-state index contributed by atoms with van der Waals surface area (Å²) in [6.45, 7) is 0. The number of nitrogens with one attached hydrogen (secondary N) is 1. The number of rotatable bonds is 3. The van der Waals surface area contributed by atoms with Crippen molar-refractivity contribution in [1.82, 2.24) is 15.0 Å². The molecule has 2 aromatic rings. The zero-order valence-corrected chi connectivity index (χ0v) is 8.70. The van der Waals surface area contributed by atoms with E-state index in [2.05, 4.69) is 15.0 Å². The van der Waals surface area contributed by atoms with Crippen molar-refractivity contribution in [3.63, 3.8) is 0 Å². The lowest BCUT2D eigenvalue weighted by atomic mass is 10.4. The quantitative estimate of drug-likeness (QED) is 0.627. The minimum Gasteiger partial charge on any atom is -0.300 e. The molecule has 0 aromatic carbocycles. The summed E-state index contributed by atoms with van der Waals surface area (Å²) in [5.41, 5.74) is 0.668. The molecule has 0 spiro atoms. The Morgan fingerprint density at radius 2 is 2.13 bits per heavy atom. The molecule has 5 heteroatoms. The van der Waals surface area contributed by atoms with Crippen LogP contribution in [0.4, 0.5) is 0 Å². The van der Waals surface area contributed by atoms with Crippen LogP contribution < -0.4 is 5.69 Å². The highest BCUT2D eigenvalue weighted by Gasteiger charge is 1.97. The first kappa shape index (κ1) is 9.92. The Morgan fingerprint density at radius 3 is 2.87 bits per heavy atom. The molecule has 0 fully saturated rings. The van der Waals surface area contributed by atoms with Crippen LogP contribution in [-0.2, 0) is 5.75 Å². The smallest absolute Gasteiger partial charge is 0.300 e. The Kier molecular flexibility index (Phi) is 3.14. The lowest BCUT2D eigenvalue weighted by Crippen LogP contribution is -2.08. The lowest BCUT2D eigenvalue weighted by molar-refractivity contribution is 0.977. The predicted octanol–water partition coefficient (Wildman–Crippen LogP) is 1.46. The van der Waals surface area contributed by atoms with Crippen LogP contribution in [0.1, 0.15) is 5.69 Å². The van der Waals surface area contributed by atoms with Crippen molar-refractivity contribution in [1.29, 1.82) is 0 Å². The Labute approximate surface area is 90.8 Å². The molecule has 76 valence electrons. The second-order valence-corrected chi connectivity index (χ2v) is 3.87. The molecule has 0 amide bonds. The fourth-order valence-corrected chi connectivity index (χ4v) is 1.86. The van der Waals surface area contributed by atoms with Gasteiger partial charge in [-0.15, -0.1) is 11.8 Å². The van der Waals surface area contributed by atoms with Crippen molar-refractivity contribution in [2.45, 2.75) is 10.8 Å². The van der Waals surface area contributed by atoms with Gasteiger partial charge in [0.15, 0.2) is 0 Å². The molecule has 0 aliphatic carbocycles. The minimum atomic E-state index is -0.318. The summed E-state index contributed by atoms with van der Waals surface area (Å²) in [4.78, 5) is 21.3. The molecule has 0 saturated heterocycles. The van der Waals surface area contributed by atoms with Gasteiger partial charge in [0.25, 0.3) is 0 Å². The van der Waals surface area contributed by atoms with Gasteiger partial charge in [-0.3, -0.25) is 4.98 Å². The van der Waals surface area contributed by atoms with Gasteiger partial charge in [-0.25, -0.2) is 9.78 Å². The maximum absolute atomic E-state index is 10.9. The van der Waals surface area contributed by atoms with Gasteiger partial charge in [-0.1, -0.05) is 6.07 Å². The van der Waals surface area contributed by atoms with Crippen molar-refractivity contribution in [3.05, 3.63) is 52.8 Å². The van der Waals surface area contributed by atoms with Crippen LogP contribution in [-0.4, -0.2) is 15.0 Å². The third-order valence-corrected chi connectivity index (χ3v) is 2.74. The minimum absolute atomic E-state index is 0.318. The van der Waals surface area contributed by atoms with Gasteiger partial charge in [-0.2, -0.15) is 0 Å². The average Bonchev–Trinajstić information content (AvgIpc) is 2.28. The first-order chi connectivity index (χ1) is 7.34. The summed E-state index contributed by atoms with van der Waals surface area (Å²) in [5, 5.41) is 0.806. The number of pyridine rings is 1. The normalized spacial score (nSPS) is 10.1. The fraction of sp³-hybridized carbons (Fsp3) is 0.100. The van der Waals surface area contributed by atoms with E-state index in [1.54, 1.807) is 12.3 Å². The van der Waals surface area contributed by atoms with Crippen LogP contribution in [0.5, 0.6) is 0 Å². The summed E-state index contributed by atoms with van der Waals surface area (Å²) in [6.07, 6.45) is 3.25. The summed E-state index contributed by atoms with van der Waals surface area (Å²) in [5.74, 6) is 0.737. The Bertz CT molecular complexity index is 483. The molecule has 0 aliphatic rings. The van der Waals surface area contributed by atoms with Crippen molar-refractivity contribution < 1.29 is 0 Å². The van der Waals surface area contributed by atoms with Crippen LogP contribution >= 0.6 is 11.8 Å². The monoisotopic (exact) mass is 219 g/mol. The molecule has 0 aliphatic heterocycles. The van der Waals surface area contributed by atoms with E-state index in [-0.39, 0.29) is 5.69 Å². The molecular weight excluding hydrogens is 210 g/mol. The van der Waals surface area contributed by atoms with Gasteiger partial charge in [0.1, 0.15) is 0 Å². The summed E-state index contributed by atoms with van der Waals surface area (Å²) >= 11 is 1.53. The molecule has 0 unspecified atom stereocenters. The first-order valence-corrected chi connectivity index (χ1v) is 5.41. The van der Waals surface area contributed by atoms with Crippen molar-refractivity contribution in [2.24, 2.45) is 0 Å². The fourth-order valence-electron chi connectivity index (χ4n) is 1.07. The van der Waals surface area contributed by atoms with Gasteiger partial charge in [-0.05, 0) is 18.2 Å². The zero-order chi connectivity index (χ0) is 10.5. The molecule has 0 atom stereocenters. The van der Waals surface area contributed by atoms with Crippen molar-refractivity contribution in [3.8, 4) is 0 Å². The lowest BCUT2D eigenvalue weighted by Gasteiger charge is -1.99. The van der Waals surface area contributed by atoms with Crippen LogP contribution in [0.25, 0.3) is 0 Å². The van der Waals surface area contributed by atoms with Gasteiger partial charge in [0, 0.05) is 18.1 Å². The third-order valence-electron chi connectivity index (χ3n) is 1.75. The van der Waals surface area contributed by atoms with Crippen LogP contribution in [0.3, 0.4) is 0 Å². The average molecular weight is 219 g/mol. The Hall–Kier alpha value is -1.62. The van der Waals surface area contributed by atoms with E-state index < -0.39 is 0 Å². The van der Waals surface area contributed by atoms with E-state index in [0.29, 0.717) is 0 Å². The van der Waals surface area contributed by atoms with E-state index in [1.165, 1.54) is 18.0 Å². The SMILES string of the molecule is O=c1nccc(SCc2ccccn2)[nH]1. The maximum atomic E-state index is 10.9. The molecule has 2 aromatic heterocycles. The summed E-state index contributed by atoms with van der Waals surface area (Å²) in [7, 11) is 0. The second-order valence-electron chi connectivity index (χ2n) is 2.85. The third kappa shape index (κ3) is 2.92. The maximum Gasteiger partial charge on any atom is 0.345 e. The number of hydrogen-bond donors (Lipinski definition) is 1. The summed E-state index contributed by atoms with van der Waals surface area (Å²) < 4.78 is 0. The highest BCUT2D eigenvalue weighted by molar-refractivity contribution is 7.98. The van der Waals surface area contributed by atoms with Gasteiger partial charge >= 0.3 is 5.69 Å². The standard InChI is InChI=1S/C10H9N3OS/c14-10-12-6-4-9(13-10)15-7-8-3-1-2-5-11-8/h1-6H,7H2,(H,12,13,14). The number of thioether (sulfide) groups is 1. The van der Waals surface area contributed by atoms with E-state index in [0.717, 1.165) is 16.5 Å². The number of aromatic amines is 1. The molecule has 0 saturated carbocycles. The van der Waals surface area contributed by atoms with E-state index >= 15 is 0 Å². The molecule has 0 bridgehead atoms. The molecular formula is C10H9N3OS. The molecule has 1 N–H and O–H groups in total. The molecule has 0 radical (unpaired) electrons. The van der Waals surface area contributed by atoms with E-state index in [1.807, 2.05) is 18.2 Å². The number of aromatic nitrogens is 3. The Balaban J connectivity index is 2.02. The number of nitrogens with zero attached hydrogens (tertiary/aromatic N) is 2. The predicted molar refractivity (Wildman–Crippen MR) is 58.7 cm³/mol. The van der Waals surface area contributed by atoms with E-state index in [9.17, 15) is 4.79 Å². The van der Waals surface area contributed by atoms with Gasteiger partial charge < -0.3 is 4.98 Å². The van der Waals surface area contributed by atoms with Crippen LogP contribution in [0, 0.1) is 0 Å². The largest absolute Gasteiger partial charge is 0.345 e. The van der Waals surface area contributed by atoms with Crippen molar-refractivity contribution >= 4 is 11.8 Å².